The van der Waals surface area contributed by atoms with Gasteiger partial charge in [-0.1, -0.05) is 24.3 Å². The molecule has 1 fully saturated rings. The number of benzene rings is 1. The van der Waals surface area contributed by atoms with Gasteiger partial charge in [0.1, 0.15) is 5.60 Å². The third-order valence-corrected chi connectivity index (χ3v) is 4.44. The van der Waals surface area contributed by atoms with E-state index in [0.717, 1.165) is 6.42 Å². The topological polar surface area (TPSA) is 59.1 Å². The van der Waals surface area contributed by atoms with Crippen molar-refractivity contribution in [3.8, 4) is 0 Å². The average molecular weight is 346 g/mol. The summed E-state index contributed by atoms with van der Waals surface area (Å²) in [5, 5.41) is 0. The summed E-state index contributed by atoms with van der Waals surface area (Å²) in [5.41, 5.74) is 1.93. The Balaban J connectivity index is 1.62. The Morgan fingerprint density at radius 2 is 1.84 bits per heavy atom. The van der Waals surface area contributed by atoms with Crippen LogP contribution in [-0.4, -0.2) is 59.7 Å². The van der Waals surface area contributed by atoms with Crippen LogP contribution in [0.1, 0.15) is 31.9 Å². The van der Waals surface area contributed by atoms with Crippen molar-refractivity contribution in [1.29, 1.82) is 0 Å². The lowest BCUT2D eigenvalue weighted by atomic mass is 9.99. The standard InChI is InChI=1S/C19H26N2O4/c1-19(2,3)25-18(23)21-10-11-24-16(13-21)17(22)20-9-8-14-6-4-5-7-15(14)12-20/h4-7,16H,8-13H2,1-3H3. The fourth-order valence-corrected chi connectivity index (χ4v) is 3.18. The van der Waals surface area contributed by atoms with Gasteiger partial charge in [-0.2, -0.15) is 0 Å². The summed E-state index contributed by atoms with van der Waals surface area (Å²) in [6.45, 7) is 7.81. The number of carbonyl (C=O) groups excluding carboxylic acids is 2. The van der Waals surface area contributed by atoms with Crippen molar-refractivity contribution < 1.29 is 19.1 Å². The molecule has 6 heteroatoms. The number of ether oxygens (including phenoxy) is 2. The summed E-state index contributed by atoms with van der Waals surface area (Å²) < 4.78 is 11.1. The molecule has 1 atom stereocenters. The monoisotopic (exact) mass is 346 g/mol. The molecule has 2 aliphatic heterocycles. The van der Waals surface area contributed by atoms with Crippen LogP contribution in [0.3, 0.4) is 0 Å². The minimum absolute atomic E-state index is 0.0530. The fourth-order valence-electron chi connectivity index (χ4n) is 3.18. The predicted molar refractivity (Wildman–Crippen MR) is 93.1 cm³/mol. The molecule has 0 saturated carbocycles. The first-order valence-electron chi connectivity index (χ1n) is 8.78. The van der Waals surface area contributed by atoms with Crippen molar-refractivity contribution in [1.82, 2.24) is 9.80 Å². The van der Waals surface area contributed by atoms with Crippen LogP contribution in [0.2, 0.25) is 0 Å². The van der Waals surface area contributed by atoms with Crippen molar-refractivity contribution in [2.24, 2.45) is 0 Å². The SMILES string of the molecule is CC(C)(C)OC(=O)N1CCOC(C(=O)N2CCc3ccccc3C2)C1. The van der Waals surface area contributed by atoms with Crippen molar-refractivity contribution in [3.63, 3.8) is 0 Å². The lowest BCUT2D eigenvalue weighted by Gasteiger charge is -2.37. The molecule has 0 aliphatic carbocycles. The van der Waals surface area contributed by atoms with Crippen LogP contribution in [0.25, 0.3) is 0 Å². The van der Waals surface area contributed by atoms with Gasteiger partial charge in [0.2, 0.25) is 0 Å². The minimum atomic E-state index is -0.619. The van der Waals surface area contributed by atoms with E-state index < -0.39 is 17.8 Å². The van der Waals surface area contributed by atoms with Crippen LogP contribution in [0.15, 0.2) is 24.3 Å². The molecule has 136 valence electrons. The number of nitrogens with zero attached hydrogens (tertiary/aromatic N) is 2. The van der Waals surface area contributed by atoms with Crippen LogP contribution in [0.5, 0.6) is 0 Å². The first-order valence-corrected chi connectivity index (χ1v) is 8.78. The van der Waals surface area contributed by atoms with Gasteiger partial charge in [-0.05, 0) is 38.3 Å². The van der Waals surface area contributed by atoms with E-state index in [4.69, 9.17) is 9.47 Å². The Morgan fingerprint density at radius 3 is 2.56 bits per heavy atom. The Morgan fingerprint density at radius 1 is 1.12 bits per heavy atom. The molecule has 2 aliphatic rings. The van der Waals surface area contributed by atoms with E-state index >= 15 is 0 Å². The van der Waals surface area contributed by atoms with Gasteiger partial charge in [-0.25, -0.2) is 4.79 Å². The van der Waals surface area contributed by atoms with Gasteiger partial charge in [-0.15, -0.1) is 0 Å². The zero-order chi connectivity index (χ0) is 18.0. The molecule has 1 aromatic rings. The number of carbonyl (C=O) groups is 2. The second kappa shape index (κ2) is 7.04. The largest absolute Gasteiger partial charge is 0.444 e. The maximum atomic E-state index is 12.8. The number of morpholine rings is 1. The van der Waals surface area contributed by atoms with Gasteiger partial charge in [0.05, 0.1) is 13.2 Å². The number of rotatable bonds is 1. The highest BCUT2D eigenvalue weighted by Crippen LogP contribution is 2.21. The van der Waals surface area contributed by atoms with E-state index in [1.54, 1.807) is 4.90 Å². The molecular formula is C19H26N2O4. The number of hydrogen-bond acceptors (Lipinski definition) is 4. The summed E-state index contributed by atoms with van der Waals surface area (Å²) in [6, 6.07) is 8.19. The summed E-state index contributed by atoms with van der Waals surface area (Å²) in [4.78, 5) is 28.5. The number of amides is 2. The summed E-state index contributed by atoms with van der Waals surface area (Å²) in [6.07, 6.45) is -0.158. The number of fused-ring (bicyclic) bond motifs is 1. The second-order valence-electron chi connectivity index (χ2n) is 7.56. The normalized spacial score (nSPS) is 20.8. The second-order valence-corrected chi connectivity index (χ2v) is 7.56. The molecule has 2 heterocycles. The molecule has 1 aromatic carbocycles. The van der Waals surface area contributed by atoms with Gasteiger partial charge < -0.3 is 19.3 Å². The molecule has 2 amide bonds. The van der Waals surface area contributed by atoms with E-state index in [2.05, 4.69) is 12.1 Å². The lowest BCUT2D eigenvalue weighted by Crippen LogP contribution is -2.53. The van der Waals surface area contributed by atoms with Crippen molar-refractivity contribution in [2.45, 2.75) is 45.4 Å². The van der Waals surface area contributed by atoms with E-state index in [0.29, 0.717) is 26.2 Å². The molecule has 0 spiro atoms. The van der Waals surface area contributed by atoms with Gasteiger partial charge in [0.15, 0.2) is 6.10 Å². The van der Waals surface area contributed by atoms with Gasteiger partial charge in [0, 0.05) is 19.6 Å². The summed E-state index contributed by atoms with van der Waals surface area (Å²) in [7, 11) is 0. The Labute approximate surface area is 148 Å². The lowest BCUT2D eigenvalue weighted by molar-refractivity contribution is -0.149. The quantitative estimate of drug-likeness (QED) is 0.782. The average Bonchev–Trinajstić information content (AvgIpc) is 2.59. The molecule has 3 rings (SSSR count). The maximum Gasteiger partial charge on any atom is 0.410 e. The predicted octanol–water partition coefficient (Wildman–Crippen LogP) is 2.21. The molecule has 0 N–H and O–H groups in total. The van der Waals surface area contributed by atoms with E-state index in [1.165, 1.54) is 11.1 Å². The van der Waals surface area contributed by atoms with Crippen molar-refractivity contribution in [3.05, 3.63) is 35.4 Å². The van der Waals surface area contributed by atoms with Crippen LogP contribution in [-0.2, 0) is 27.2 Å². The van der Waals surface area contributed by atoms with E-state index in [9.17, 15) is 9.59 Å². The third-order valence-electron chi connectivity index (χ3n) is 4.44. The minimum Gasteiger partial charge on any atom is -0.444 e. The molecule has 0 bridgehead atoms. The molecule has 25 heavy (non-hydrogen) atoms. The third kappa shape index (κ3) is 4.31. The van der Waals surface area contributed by atoms with Gasteiger partial charge in [-0.3, -0.25) is 4.79 Å². The Kier molecular flexibility index (Phi) is 4.99. The fraction of sp³-hybridized carbons (Fsp3) is 0.579. The molecule has 6 nitrogen and oxygen atoms in total. The Bertz CT molecular complexity index is 653. The van der Waals surface area contributed by atoms with Crippen molar-refractivity contribution >= 4 is 12.0 Å². The van der Waals surface area contributed by atoms with Crippen molar-refractivity contribution in [2.75, 3.05) is 26.2 Å². The van der Waals surface area contributed by atoms with Crippen LogP contribution in [0.4, 0.5) is 4.79 Å². The van der Waals surface area contributed by atoms with Crippen LogP contribution < -0.4 is 0 Å². The molecule has 0 radical (unpaired) electrons. The van der Waals surface area contributed by atoms with E-state index in [1.807, 2.05) is 37.8 Å². The van der Waals surface area contributed by atoms with Gasteiger partial charge in [0.25, 0.3) is 5.91 Å². The Hall–Kier alpha value is -2.08. The molecular weight excluding hydrogens is 320 g/mol. The molecule has 0 aromatic heterocycles. The zero-order valence-corrected chi connectivity index (χ0v) is 15.2. The summed E-state index contributed by atoms with van der Waals surface area (Å²) in [5.74, 6) is -0.0530. The number of hydrogen-bond donors (Lipinski definition) is 0. The van der Waals surface area contributed by atoms with Crippen LogP contribution >= 0.6 is 0 Å². The van der Waals surface area contributed by atoms with Gasteiger partial charge >= 0.3 is 6.09 Å². The zero-order valence-electron chi connectivity index (χ0n) is 15.2. The summed E-state index contributed by atoms with van der Waals surface area (Å²) >= 11 is 0. The molecule has 1 saturated heterocycles. The van der Waals surface area contributed by atoms with Crippen LogP contribution in [0, 0.1) is 0 Å². The highest BCUT2D eigenvalue weighted by Gasteiger charge is 2.34. The first kappa shape index (κ1) is 17.7. The molecule has 1 unspecified atom stereocenters. The smallest absolute Gasteiger partial charge is 0.410 e. The maximum absolute atomic E-state index is 12.8. The van der Waals surface area contributed by atoms with E-state index in [-0.39, 0.29) is 12.5 Å². The highest BCUT2D eigenvalue weighted by atomic mass is 16.6. The highest BCUT2D eigenvalue weighted by molar-refractivity contribution is 5.82. The first-order chi connectivity index (χ1) is 11.8.